The molecule has 1 spiro atoms. The quantitative estimate of drug-likeness (QED) is 0.798. The fraction of sp³-hybridized carbons (Fsp3) is 0.333. The van der Waals surface area contributed by atoms with Crippen molar-refractivity contribution in [3.05, 3.63) is 39.9 Å². The average molecular weight is 325 g/mol. The van der Waals surface area contributed by atoms with E-state index in [1.165, 1.54) is 0 Å². The lowest BCUT2D eigenvalue weighted by atomic mass is 9.79. The third-order valence-electron chi connectivity index (χ3n) is 3.92. The van der Waals surface area contributed by atoms with Crippen LogP contribution in [0.3, 0.4) is 0 Å². The number of nitrogens with one attached hydrogen (secondary N) is 1. The van der Waals surface area contributed by atoms with E-state index >= 15 is 0 Å². The van der Waals surface area contributed by atoms with Crippen LogP contribution in [0.1, 0.15) is 24.8 Å². The molecule has 0 radical (unpaired) electrons. The Bertz CT molecular complexity index is 742. The van der Waals surface area contributed by atoms with Gasteiger partial charge in [0.25, 0.3) is 5.91 Å². The molecule has 0 bridgehead atoms. The van der Waals surface area contributed by atoms with Gasteiger partial charge >= 0.3 is 0 Å². The summed E-state index contributed by atoms with van der Waals surface area (Å²) in [7, 11) is 0. The molecule has 1 N–H and O–H groups in total. The molecule has 0 saturated heterocycles. The summed E-state index contributed by atoms with van der Waals surface area (Å²) < 4.78 is 33.2. The predicted octanol–water partition coefficient (Wildman–Crippen LogP) is 2.87. The molecule has 0 fully saturated rings. The van der Waals surface area contributed by atoms with Gasteiger partial charge in [0.05, 0.1) is 17.7 Å². The lowest BCUT2D eigenvalue weighted by molar-refractivity contribution is -0.119. The van der Waals surface area contributed by atoms with E-state index < -0.39 is 23.1 Å². The highest BCUT2D eigenvalue weighted by Crippen LogP contribution is 2.45. The van der Waals surface area contributed by atoms with Crippen LogP contribution in [0.5, 0.6) is 5.75 Å². The van der Waals surface area contributed by atoms with Gasteiger partial charge in [0.2, 0.25) is 0 Å². The van der Waals surface area contributed by atoms with Crippen LogP contribution in [0.25, 0.3) is 0 Å². The lowest BCUT2D eigenvalue weighted by Gasteiger charge is -2.37. The van der Waals surface area contributed by atoms with Crippen molar-refractivity contribution < 1.29 is 18.3 Å². The van der Waals surface area contributed by atoms with Gasteiger partial charge in [-0.2, -0.15) is 5.26 Å². The number of hydrogen-bond donors (Lipinski definition) is 1. The summed E-state index contributed by atoms with van der Waals surface area (Å²) in [6.45, 7) is 0.278. The number of benzene rings is 1. The summed E-state index contributed by atoms with van der Waals surface area (Å²) in [6, 6.07) is 3.58. The van der Waals surface area contributed by atoms with Crippen molar-refractivity contribution in [2.75, 3.05) is 6.61 Å². The Kier molecular flexibility index (Phi) is 3.53. The zero-order chi connectivity index (χ0) is 15.9. The van der Waals surface area contributed by atoms with E-state index in [9.17, 15) is 13.6 Å². The second-order valence-corrected chi connectivity index (χ2v) is 5.77. The van der Waals surface area contributed by atoms with E-state index in [2.05, 4.69) is 5.32 Å². The highest BCUT2D eigenvalue weighted by molar-refractivity contribution is 6.33. The molecule has 0 saturated carbocycles. The molecule has 1 aromatic carbocycles. The third kappa shape index (κ3) is 2.22. The standard InChI is InChI=1S/C15H11ClF2N2O2/c16-10-6-15(20-14(21)9(10)7-19)2-1-3-22-12-5-8(17)4-11(18)13(12)15/h4-5H,1-3,6H2,(H,20,21)/t15-/m0/s1. The highest BCUT2D eigenvalue weighted by atomic mass is 35.5. The molecule has 1 aromatic rings. The number of fused-ring (bicyclic) bond motifs is 2. The first-order valence-corrected chi connectivity index (χ1v) is 7.08. The Morgan fingerprint density at radius 1 is 1.41 bits per heavy atom. The Hall–Kier alpha value is -2.13. The van der Waals surface area contributed by atoms with E-state index in [4.69, 9.17) is 21.6 Å². The molecule has 4 nitrogen and oxygen atoms in total. The molecule has 0 aromatic heterocycles. The third-order valence-corrected chi connectivity index (χ3v) is 4.25. The molecule has 0 aliphatic carbocycles. The van der Waals surface area contributed by atoms with Crippen LogP contribution < -0.4 is 10.1 Å². The first-order valence-electron chi connectivity index (χ1n) is 6.70. The van der Waals surface area contributed by atoms with Crippen LogP contribution in [0.15, 0.2) is 22.7 Å². The van der Waals surface area contributed by atoms with Gasteiger partial charge in [-0.15, -0.1) is 0 Å². The average Bonchev–Trinajstić information content (AvgIpc) is 2.58. The Labute approximate surface area is 130 Å². The molecule has 7 heteroatoms. The fourth-order valence-corrected chi connectivity index (χ4v) is 3.38. The minimum absolute atomic E-state index is 0.0557. The second kappa shape index (κ2) is 5.25. The van der Waals surface area contributed by atoms with Crippen LogP contribution in [0.4, 0.5) is 8.78 Å². The number of amides is 1. The van der Waals surface area contributed by atoms with Crippen molar-refractivity contribution in [1.29, 1.82) is 5.26 Å². The van der Waals surface area contributed by atoms with Crippen molar-refractivity contribution in [3.8, 4) is 11.8 Å². The van der Waals surface area contributed by atoms with Crippen LogP contribution in [-0.4, -0.2) is 12.5 Å². The summed E-state index contributed by atoms with van der Waals surface area (Å²) >= 11 is 6.06. The van der Waals surface area contributed by atoms with Crippen molar-refractivity contribution in [3.63, 3.8) is 0 Å². The van der Waals surface area contributed by atoms with Crippen LogP contribution in [0, 0.1) is 23.0 Å². The van der Waals surface area contributed by atoms with Gasteiger partial charge in [0, 0.05) is 23.6 Å². The van der Waals surface area contributed by atoms with Crippen LogP contribution >= 0.6 is 11.6 Å². The van der Waals surface area contributed by atoms with Crippen molar-refractivity contribution in [1.82, 2.24) is 5.32 Å². The first-order chi connectivity index (χ1) is 10.5. The summed E-state index contributed by atoms with van der Waals surface area (Å²) in [5.74, 6) is -2.16. The monoisotopic (exact) mass is 324 g/mol. The Balaban J connectivity index is 2.20. The van der Waals surface area contributed by atoms with E-state index in [-0.39, 0.29) is 34.9 Å². The van der Waals surface area contributed by atoms with Crippen LogP contribution in [-0.2, 0) is 10.3 Å². The number of ether oxygens (including phenoxy) is 1. The smallest absolute Gasteiger partial charge is 0.263 e. The number of nitriles is 1. The van der Waals surface area contributed by atoms with Gasteiger partial charge in [-0.25, -0.2) is 8.78 Å². The van der Waals surface area contributed by atoms with Gasteiger partial charge < -0.3 is 10.1 Å². The lowest BCUT2D eigenvalue weighted by Crippen LogP contribution is -2.49. The topological polar surface area (TPSA) is 62.1 Å². The molecule has 3 rings (SSSR count). The fourth-order valence-electron chi connectivity index (χ4n) is 3.02. The molecule has 114 valence electrons. The number of nitrogens with zero attached hydrogens (tertiary/aromatic N) is 1. The normalized spacial score (nSPS) is 24.2. The Morgan fingerprint density at radius 3 is 2.86 bits per heavy atom. The summed E-state index contributed by atoms with van der Waals surface area (Å²) in [5.41, 5.74) is -1.23. The van der Waals surface area contributed by atoms with E-state index in [0.717, 1.165) is 12.1 Å². The number of rotatable bonds is 0. The number of hydrogen-bond acceptors (Lipinski definition) is 3. The van der Waals surface area contributed by atoms with E-state index in [1.54, 1.807) is 6.07 Å². The summed E-state index contributed by atoms with van der Waals surface area (Å²) in [6.07, 6.45) is 0.980. The van der Waals surface area contributed by atoms with Gasteiger partial charge in [-0.1, -0.05) is 11.6 Å². The van der Waals surface area contributed by atoms with Gasteiger partial charge in [-0.05, 0) is 12.8 Å². The highest BCUT2D eigenvalue weighted by Gasteiger charge is 2.45. The molecule has 1 amide bonds. The molecule has 22 heavy (non-hydrogen) atoms. The van der Waals surface area contributed by atoms with Crippen LogP contribution in [0.2, 0.25) is 0 Å². The molecule has 0 unspecified atom stereocenters. The second-order valence-electron chi connectivity index (χ2n) is 5.32. The summed E-state index contributed by atoms with van der Waals surface area (Å²) in [5, 5.41) is 11.7. The van der Waals surface area contributed by atoms with Crippen molar-refractivity contribution in [2.24, 2.45) is 0 Å². The van der Waals surface area contributed by atoms with Gasteiger partial charge in [0.15, 0.2) is 0 Å². The number of halogens is 3. The van der Waals surface area contributed by atoms with Gasteiger partial charge in [-0.3, -0.25) is 4.79 Å². The first kappa shape index (κ1) is 14.8. The van der Waals surface area contributed by atoms with E-state index in [0.29, 0.717) is 12.8 Å². The molecule has 2 heterocycles. The molecule has 2 aliphatic rings. The largest absolute Gasteiger partial charge is 0.493 e. The molecule has 2 aliphatic heterocycles. The molecular formula is C15H11ClF2N2O2. The number of carbonyl (C=O) groups excluding carboxylic acids is 1. The molecular weight excluding hydrogens is 314 g/mol. The zero-order valence-electron chi connectivity index (χ0n) is 11.4. The SMILES string of the molecule is N#CC1=C(Cl)C[C@]2(CCCOc3cc(F)cc(F)c32)NC1=O. The van der Waals surface area contributed by atoms with Gasteiger partial charge in [0.1, 0.15) is 29.0 Å². The predicted molar refractivity (Wildman–Crippen MR) is 74.0 cm³/mol. The summed E-state index contributed by atoms with van der Waals surface area (Å²) in [4.78, 5) is 12.1. The maximum absolute atomic E-state index is 14.4. The van der Waals surface area contributed by atoms with Crippen molar-refractivity contribution >= 4 is 17.5 Å². The minimum atomic E-state index is -1.13. The maximum atomic E-state index is 14.4. The number of carbonyl (C=O) groups is 1. The van der Waals surface area contributed by atoms with Crippen molar-refractivity contribution in [2.45, 2.75) is 24.8 Å². The molecule has 1 atom stereocenters. The minimum Gasteiger partial charge on any atom is -0.493 e. The Morgan fingerprint density at radius 2 is 2.18 bits per heavy atom. The van der Waals surface area contributed by atoms with E-state index in [1.807, 2.05) is 0 Å². The zero-order valence-corrected chi connectivity index (χ0v) is 12.1. The maximum Gasteiger partial charge on any atom is 0.263 e.